The monoisotopic (exact) mass is 875 g/mol. The maximum absolute atomic E-state index is 2.48. The molecule has 0 spiro atoms. The molecule has 2 aliphatic carbocycles. The van der Waals surface area contributed by atoms with Crippen molar-refractivity contribution in [1.29, 1.82) is 0 Å². The van der Waals surface area contributed by atoms with Crippen LogP contribution in [0.1, 0.15) is 43.9 Å². The van der Waals surface area contributed by atoms with E-state index in [2.05, 4.69) is 278 Å². The molecule has 1 atom stereocenters. The van der Waals surface area contributed by atoms with E-state index in [0.717, 1.165) is 28.8 Å². The molecule has 68 heavy (non-hydrogen) atoms. The standard InChI is InChI=1S/C50H39N3.C15H14/c1-50(32-11-4-12-33-50)37-25-29-39(30-26-37)51(2)38-27-22-35(23-28-38)36-24-31-46-44(34-36)43-18-13-17-42-41-16-7-8-19-45(41)52(40-14-5-3-6-15-40)47-20-9-10-21-48(47)53(46)49(42)43;1-15(2)13-9-5-3-7-11(13)12-8-4-6-10-14(12)15/h3-32,34H,33H2,1-2H3;3-10H,1-2H3. The Morgan fingerprint density at radius 3 is 1.68 bits per heavy atom. The zero-order valence-corrected chi connectivity index (χ0v) is 39.1. The lowest BCUT2D eigenvalue weighted by Gasteiger charge is -2.28. The summed E-state index contributed by atoms with van der Waals surface area (Å²) in [4.78, 5) is 2.26. The number of para-hydroxylation sites is 5. The van der Waals surface area contributed by atoms with Gasteiger partial charge in [0.05, 0.1) is 27.6 Å². The Morgan fingerprint density at radius 2 is 1.00 bits per heavy atom. The van der Waals surface area contributed by atoms with Gasteiger partial charge < -0.3 is 13.9 Å². The van der Waals surface area contributed by atoms with Crippen molar-refractivity contribution < 1.29 is 0 Å². The number of fused-ring (bicyclic) bond motifs is 10. The highest BCUT2D eigenvalue weighted by Crippen LogP contribution is 2.48. The van der Waals surface area contributed by atoms with E-state index in [1.807, 2.05) is 0 Å². The molecule has 0 bridgehead atoms. The van der Waals surface area contributed by atoms with Crippen molar-refractivity contribution in [3.63, 3.8) is 0 Å². The van der Waals surface area contributed by atoms with Gasteiger partial charge in [-0.1, -0.05) is 191 Å². The lowest BCUT2D eigenvalue weighted by atomic mass is 9.77. The van der Waals surface area contributed by atoms with Gasteiger partial charge in [-0.3, -0.25) is 0 Å². The Morgan fingerprint density at radius 1 is 0.441 bits per heavy atom. The summed E-state index contributed by atoms with van der Waals surface area (Å²) in [6.07, 6.45) is 9.90. The molecule has 0 saturated heterocycles. The van der Waals surface area contributed by atoms with Gasteiger partial charge in [0.15, 0.2) is 0 Å². The SMILES string of the molecule is CC1(C)c2ccccc2-c2ccccc21.CN(c1ccc(-c2ccc3c(c2)c2cccc4c5ccccc5n(-c5ccccc5)c5ccccc5n3c42)cc1)c1ccc(C2(C)C=CC=CC2)cc1. The van der Waals surface area contributed by atoms with Crippen molar-refractivity contribution in [2.24, 2.45) is 0 Å². The van der Waals surface area contributed by atoms with Crippen LogP contribution in [0, 0.1) is 0 Å². The van der Waals surface area contributed by atoms with E-state index in [0.29, 0.717) is 0 Å². The van der Waals surface area contributed by atoms with Crippen LogP contribution < -0.4 is 4.90 Å². The van der Waals surface area contributed by atoms with Crippen molar-refractivity contribution in [3.05, 3.63) is 253 Å². The Bertz CT molecular complexity index is 3760. The fourth-order valence-electron chi connectivity index (χ4n) is 11.1. The van der Waals surface area contributed by atoms with E-state index in [9.17, 15) is 0 Å². The van der Waals surface area contributed by atoms with E-state index in [1.165, 1.54) is 82.7 Å². The van der Waals surface area contributed by atoms with Crippen molar-refractivity contribution in [2.75, 3.05) is 11.9 Å². The van der Waals surface area contributed by atoms with Crippen LogP contribution in [0.4, 0.5) is 11.4 Å². The number of benzene rings is 9. The summed E-state index contributed by atoms with van der Waals surface area (Å²) < 4.78 is 4.89. The summed E-state index contributed by atoms with van der Waals surface area (Å²) in [5.41, 5.74) is 19.1. The number of hydrogen-bond acceptors (Lipinski definition) is 1. The second kappa shape index (κ2) is 16.3. The lowest BCUT2D eigenvalue weighted by Crippen LogP contribution is -2.19. The van der Waals surface area contributed by atoms with Gasteiger partial charge in [0, 0.05) is 56.5 Å². The summed E-state index contributed by atoms with van der Waals surface area (Å²) in [6.45, 7) is 6.92. The predicted molar refractivity (Wildman–Crippen MR) is 290 cm³/mol. The summed E-state index contributed by atoms with van der Waals surface area (Å²) in [5.74, 6) is 0. The average Bonchev–Trinajstić information content (AvgIpc) is 3.85. The zero-order chi connectivity index (χ0) is 46.0. The highest BCUT2D eigenvalue weighted by Gasteiger charge is 2.34. The first-order chi connectivity index (χ1) is 33.3. The number of aromatic nitrogens is 2. The number of allylic oxidation sites excluding steroid dienone is 4. The molecule has 2 heterocycles. The molecule has 9 aromatic carbocycles. The summed E-state index contributed by atoms with van der Waals surface area (Å²) in [6, 6.07) is 77.6. The number of anilines is 2. The molecule has 1 unspecified atom stereocenters. The average molecular weight is 876 g/mol. The molecule has 2 aromatic heterocycles. The first-order valence-electron chi connectivity index (χ1n) is 23.9. The first-order valence-corrected chi connectivity index (χ1v) is 23.9. The summed E-state index contributed by atoms with van der Waals surface area (Å²) in [5, 5.41) is 4.95. The van der Waals surface area contributed by atoms with Gasteiger partial charge in [0.2, 0.25) is 0 Å². The molecule has 3 heteroatoms. The van der Waals surface area contributed by atoms with Crippen LogP contribution in [0.2, 0.25) is 0 Å². The third kappa shape index (κ3) is 6.72. The largest absolute Gasteiger partial charge is 0.345 e. The Hall–Kier alpha value is -8.14. The van der Waals surface area contributed by atoms with Gasteiger partial charge in [-0.25, -0.2) is 0 Å². The molecular formula is C65H53N3. The number of nitrogens with zero attached hydrogens (tertiary/aromatic N) is 3. The highest BCUT2D eigenvalue weighted by molar-refractivity contribution is 6.21. The minimum atomic E-state index is 0.0506. The van der Waals surface area contributed by atoms with Gasteiger partial charge in [-0.2, -0.15) is 0 Å². The minimum Gasteiger partial charge on any atom is -0.345 e. The van der Waals surface area contributed by atoms with Crippen LogP contribution >= 0.6 is 0 Å². The lowest BCUT2D eigenvalue weighted by molar-refractivity contribution is 0.600. The summed E-state index contributed by atoms with van der Waals surface area (Å²) in [7, 11) is 2.15. The fourth-order valence-corrected chi connectivity index (χ4v) is 11.1. The molecule has 0 amide bonds. The Kier molecular flexibility index (Phi) is 9.92. The van der Waals surface area contributed by atoms with Crippen LogP contribution in [0.15, 0.2) is 237 Å². The molecule has 0 saturated carbocycles. The topological polar surface area (TPSA) is 12.6 Å². The minimum absolute atomic E-state index is 0.0506. The molecule has 0 aliphatic heterocycles. The van der Waals surface area contributed by atoms with Crippen LogP contribution in [0.25, 0.3) is 77.1 Å². The molecule has 0 N–H and O–H groups in total. The van der Waals surface area contributed by atoms with Gasteiger partial charge in [-0.15, -0.1) is 0 Å². The molecule has 0 fully saturated rings. The Balaban J connectivity index is 0.000000271. The van der Waals surface area contributed by atoms with E-state index < -0.39 is 0 Å². The number of rotatable bonds is 5. The van der Waals surface area contributed by atoms with Crippen molar-refractivity contribution in [3.8, 4) is 27.9 Å². The van der Waals surface area contributed by atoms with E-state index in [4.69, 9.17) is 0 Å². The molecule has 328 valence electrons. The van der Waals surface area contributed by atoms with Gasteiger partial charge in [0.1, 0.15) is 0 Å². The maximum atomic E-state index is 2.48. The quantitative estimate of drug-likeness (QED) is 0.168. The van der Waals surface area contributed by atoms with Crippen LogP contribution in [0.3, 0.4) is 0 Å². The third-order valence-corrected chi connectivity index (χ3v) is 14.8. The maximum Gasteiger partial charge on any atom is 0.0703 e. The third-order valence-electron chi connectivity index (χ3n) is 14.8. The predicted octanol–water partition coefficient (Wildman–Crippen LogP) is 17.1. The normalized spacial score (nSPS) is 15.6. The van der Waals surface area contributed by atoms with Crippen molar-refractivity contribution in [2.45, 2.75) is 38.0 Å². The molecule has 11 aromatic rings. The van der Waals surface area contributed by atoms with Crippen LogP contribution in [-0.2, 0) is 10.8 Å². The van der Waals surface area contributed by atoms with E-state index in [-0.39, 0.29) is 10.8 Å². The molecule has 13 rings (SSSR count). The van der Waals surface area contributed by atoms with Crippen LogP contribution in [0.5, 0.6) is 0 Å². The van der Waals surface area contributed by atoms with E-state index in [1.54, 1.807) is 0 Å². The Labute approximate surface area is 398 Å². The highest BCUT2D eigenvalue weighted by atomic mass is 15.1. The second-order valence-electron chi connectivity index (χ2n) is 19.2. The van der Waals surface area contributed by atoms with E-state index >= 15 is 0 Å². The molecule has 2 aliphatic rings. The molecular weight excluding hydrogens is 823 g/mol. The molecule has 0 radical (unpaired) electrons. The van der Waals surface area contributed by atoms with Gasteiger partial charge in [0.25, 0.3) is 0 Å². The zero-order valence-electron chi connectivity index (χ0n) is 39.1. The summed E-state index contributed by atoms with van der Waals surface area (Å²) >= 11 is 0. The smallest absolute Gasteiger partial charge is 0.0703 e. The van der Waals surface area contributed by atoms with Crippen molar-refractivity contribution >= 4 is 60.5 Å². The van der Waals surface area contributed by atoms with Gasteiger partial charge in [-0.05, 0) is 112 Å². The number of hydrogen-bond donors (Lipinski definition) is 0. The van der Waals surface area contributed by atoms with Crippen molar-refractivity contribution in [1.82, 2.24) is 8.97 Å². The molecule has 3 nitrogen and oxygen atoms in total. The first kappa shape index (κ1) is 41.3. The second-order valence-corrected chi connectivity index (χ2v) is 19.2. The van der Waals surface area contributed by atoms with Gasteiger partial charge >= 0.3 is 0 Å². The van der Waals surface area contributed by atoms with Crippen LogP contribution in [-0.4, -0.2) is 16.0 Å². The fraction of sp³-hybridized carbons (Fsp3) is 0.108.